The number of benzene rings is 3. The smallest absolute Gasteiger partial charge is 0.407 e. The molecular weight excluding hydrogens is 530 g/mol. The fourth-order valence-corrected chi connectivity index (χ4v) is 5.37. The summed E-state index contributed by atoms with van der Waals surface area (Å²) in [5.41, 5.74) is 5.65. The van der Waals surface area contributed by atoms with E-state index in [9.17, 15) is 9.90 Å². The van der Waals surface area contributed by atoms with E-state index in [1.807, 2.05) is 91.4 Å². The van der Waals surface area contributed by atoms with Crippen LogP contribution in [0.5, 0.6) is 11.8 Å². The number of fused-ring (bicyclic) bond motifs is 1. The Morgan fingerprint density at radius 2 is 1.60 bits per heavy atom. The van der Waals surface area contributed by atoms with Crippen molar-refractivity contribution < 1.29 is 19.4 Å². The second-order valence-corrected chi connectivity index (χ2v) is 10.5. The van der Waals surface area contributed by atoms with Crippen LogP contribution in [0.25, 0.3) is 22.2 Å². The predicted molar refractivity (Wildman–Crippen MR) is 162 cm³/mol. The normalized spacial score (nSPS) is 15.1. The number of ether oxygens (including phenoxy) is 2. The molecule has 6 rings (SSSR count). The fraction of sp³-hybridized carbons (Fsp3) is 0.242. The average Bonchev–Trinajstić information content (AvgIpc) is 3.35. The first-order valence-corrected chi connectivity index (χ1v) is 14.0. The number of pyridine rings is 1. The largest absolute Gasteiger partial charge is 0.473 e. The number of nitrogens with zero attached hydrogens (tertiary/aromatic N) is 5. The van der Waals surface area contributed by atoms with Crippen molar-refractivity contribution in [3.8, 4) is 23.0 Å². The van der Waals surface area contributed by atoms with Crippen LogP contribution >= 0.6 is 0 Å². The Morgan fingerprint density at radius 3 is 2.26 bits per heavy atom. The number of carbonyl (C=O) groups is 1. The third-order valence-electron chi connectivity index (χ3n) is 7.61. The molecule has 0 spiro atoms. The van der Waals surface area contributed by atoms with E-state index in [-0.39, 0.29) is 6.04 Å². The number of amides is 1. The Morgan fingerprint density at radius 1 is 0.905 bits per heavy atom. The van der Waals surface area contributed by atoms with E-state index in [1.165, 1.54) is 4.90 Å². The van der Waals surface area contributed by atoms with Gasteiger partial charge in [-0.1, -0.05) is 60.7 Å². The van der Waals surface area contributed by atoms with Gasteiger partial charge in [0.15, 0.2) is 0 Å². The molecule has 1 fully saturated rings. The number of aromatic nitrogens is 3. The zero-order valence-electron chi connectivity index (χ0n) is 23.7. The van der Waals surface area contributed by atoms with Crippen molar-refractivity contribution in [1.29, 1.82) is 0 Å². The number of rotatable bonds is 8. The maximum absolute atomic E-state index is 11.5. The molecule has 1 aliphatic heterocycles. The number of hydrogen-bond donors (Lipinski definition) is 1. The lowest BCUT2D eigenvalue weighted by atomic mass is 10.1. The molecule has 1 saturated heterocycles. The molecule has 9 nitrogen and oxygen atoms in total. The molecule has 3 aromatic carbocycles. The van der Waals surface area contributed by atoms with E-state index in [0.717, 1.165) is 39.0 Å². The summed E-state index contributed by atoms with van der Waals surface area (Å²) < 4.78 is 14.2. The second kappa shape index (κ2) is 11.8. The highest BCUT2D eigenvalue weighted by molar-refractivity contribution is 5.96. The van der Waals surface area contributed by atoms with Crippen LogP contribution < -0.4 is 14.4 Å². The van der Waals surface area contributed by atoms with Gasteiger partial charge in [0.25, 0.3) is 0 Å². The summed E-state index contributed by atoms with van der Waals surface area (Å²) >= 11 is 0. The standard InChI is InChI=1S/C33H33N5O4/c1-23-20-37(17-18-38(23)33(39)40)26-13-14-27-29(19-26)36(2)35-31(27)28-15-16-30(41-21-24-9-5-3-6-10-24)34-32(28)42-22-25-11-7-4-8-12-25/h3-16,19,23H,17-18,20-22H2,1-2H3,(H,39,40)/t23-/m0/s1. The lowest BCUT2D eigenvalue weighted by Gasteiger charge is -2.39. The second-order valence-electron chi connectivity index (χ2n) is 10.5. The molecule has 0 unspecified atom stereocenters. The minimum Gasteiger partial charge on any atom is -0.473 e. The van der Waals surface area contributed by atoms with Crippen LogP contribution in [-0.4, -0.2) is 56.5 Å². The van der Waals surface area contributed by atoms with Gasteiger partial charge in [-0.2, -0.15) is 10.1 Å². The summed E-state index contributed by atoms with van der Waals surface area (Å²) in [6, 6.07) is 29.9. The van der Waals surface area contributed by atoms with Crippen molar-refractivity contribution in [3.05, 3.63) is 102 Å². The van der Waals surface area contributed by atoms with Crippen molar-refractivity contribution in [1.82, 2.24) is 19.7 Å². The summed E-state index contributed by atoms with van der Waals surface area (Å²) in [6.07, 6.45) is -0.871. The highest BCUT2D eigenvalue weighted by Crippen LogP contribution is 2.36. The van der Waals surface area contributed by atoms with Crippen LogP contribution in [0.4, 0.5) is 10.5 Å². The van der Waals surface area contributed by atoms with E-state index >= 15 is 0 Å². The van der Waals surface area contributed by atoms with Gasteiger partial charge in [0, 0.05) is 49.9 Å². The number of carboxylic acid groups (broad SMARTS) is 1. The van der Waals surface area contributed by atoms with Crippen LogP contribution in [0, 0.1) is 0 Å². The molecule has 0 aliphatic carbocycles. The molecule has 42 heavy (non-hydrogen) atoms. The molecule has 1 aliphatic rings. The van der Waals surface area contributed by atoms with Gasteiger partial charge in [-0.3, -0.25) is 4.68 Å². The molecule has 9 heteroatoms. The molecule has 1 atom stereocenters. The molecule has 3 heterocycles. The number of aryl methyl sites for hydroxylation is 1. The van der Waals surface area contributed by atoms with Gasteiger partial charge in [0.1, 0.15) is 18.9 Å². The summed E-state index contributed by atoms with van der Waals surface area (Å²) in [6.45, 7) is 4.45. The monoisotopic (exact) mass is 563 g/mol. The molecule has 0 bridgehead atoms. The topological polar surface area (TPSA) is 93.0 Å². The molecule has 2 aromatic heterocycles. The molecule has 5 aromatic rings. The predicted octanol–water partition coefficient (Wildman–Crippen LogP) is 5.98. The van der Waals surface area contributed by atoms with Crippen molar-refractivity contribution >= 4 is 22.7 Å². The molecule has 1 amide bonds. The maximum Gasteiger partial charge on any atom is 0.407 e. The first-order chi connectivity index (χ1) is 20.5. The lowest BCUT2D eigenvalue weighted by molar-refractivity contribution is 0.122. The SMILES string of the molecule is C[C@H]1CN(c2ccc3c(-c4ccc(OCc5ccccc5)nc4OCc4ccccc4)nn(C)c3c2)CCN1C(=O)O. The van der Waals surface area contributed by atoms with Crippen LogP contribution in [0.2, 0.25) is 0 Å². The van der Waals surface area contributed by atoms with Gasteiger partial charge in [-0.15, -0.1) is 0 Å². The lowest BCUT2D eigenvalue weighted by Crippen LogP contribution is -2.53. The number of hydrogen-bond acceptors (Lipinski definition) is 6. The summed E-state index contributed by atoms with van der Waals surface area (Å²) in [4.78, 5) is 20.0. The first kappa shape index (κ1) is 27.1. The van der Waals surface area contributed by atoms with Crippen LogP contribution in [0.1, 0.15) is 18.1 Å². The van der Waals surface area contributed by atoms with Crippen molar-refractivity contribution in [3.63, 3.8) is 0 Å². The van der Waals surface area contributed by atoms with Gasteiger partial charge in [-0.25, -0.2) is 4.79 Å². The Labute approximate surface area is 244 Å². The van der Waals surface area contributed by atoms with Gasteiger partial charge < -0.3 is 24.4 Å². The minimum absolute atomic E-state index is 0.0907. The fourth-order valence-electron chi connectivity index (χ4n) is 5.37. The highest BCUT2D eigenvalue weighted by atomic mass is 16.5. The Hall–Kier alpha value is -5.05. The summed E-state index contributed by atoms with van der Waals surface area (Å²) in [5.74, 6) is 0.926. The molecular formula is C33H33N5O4. The molecule has 1 N–H and O–H groups in total. The first-order valence-electron chi connectivity index (χ1n) is 14.0. The van der Waals surface area contributed by atoms with Crippen molar-refractivity contribution in [2.75, 3.05) is 24.5 Å². The third kappa shape index (κ3) is 5.72. The summed E-state index contributed by atoms with van der Waals surface area (Å²) in [7, 11) is 1.93. The van der Waals surface area contributed by atoms with Crippen molar-refractivity contribution in [2.45, 2.75) is 26.2 Å². The van der Waals surface area contributed by atoms with Crippen LogP contribution in [-0.2, 0) is 20.3 Å². The zero-order valence-corrected chi connectivity index (χ0v) is 23.7. The number of anilines is 1. The zero-order chi connectivity index (χ0) is 29.1. The van der Waals surface area contributed by atoms with Crippen LogP contribution in [0.3, 0.4) is 0 Å². The van der Waals surface area contributed by atoms with E-state index in [4.69, 9.17) is 19.6 Å². The van der Waals surface area contributed by atoms with E-state index in [2.05, 4.69) is 23.1 Å². The Balaban J connectivity index is 1.31. The molecule has 214 valence electrons. The highest BCUT2D eigenvalue weighted by Gasteiger charge is 2.28. The van der Waals surface area contributed by atoms with Gasteiger partial charge >= 0.3 is 6.09 Å². The van der Waals surface area contributed by atoms with E-state index in [1.54, 1.807) is 0 Å². The minimum atomic E-state index is -0.871. The van der Waals surface area contributed by atoms with E-state index in [0.29, 0.717) is 44.6 Å². The maximum atomic E-state index is 11.5. The third-order valence-corrected chi connectivity index (χ3v) is 7.61. The Kier molecular flexibility index (Phi) is 7.64. The summed E-state index contributed by atoms with van der Waals surface area (Å²) in [5, 5.41) is 15.3. The van der Waals surface area contributed by atoms with E-state index < -0.39 is 6.09 Å². The average molecular weight is 564 g/mol. The quantitative estimate of drug-likeness (QED) is 0.248. The molecule has 0 saturated carbocycles. The van der Waals surface area contributed by atoms with Crippen molar-refractivity contribution in [2.24, 2.45) is 7.05 Å². The van der Waals surface area contributed by atoms with Crippen LogP contribution in [0.15, 0.2) is 91.0 Å². The number of piperazine rings is 1. The van der Waals surface area contributed by atoms with Gasteiger partial charge in [0.2, 0.25) is 11.8 Å². The van der Waals surface area contributed by atoms with Gasteiger partial charge in [0.05, 0.1) is 11.1 Å². The van der Waals surface area contributed by atoms with Gasteiger partial charge in [-0.05, 0) is 42.3 Å². The Bertz CT molecular complexity index is 1690. The molecule has 0 radical (unpaired) electrons.